The second kappa shape index (κ2) is 10.8. The Morgan fingerprint density at radius 1 is 1.20 bits per heavy atom. The van der Waals surface area contributed by atoms with E-state index < -0.39 is 12.2 Å². The van der Waals surface area contributed by atoms with Gasteiger partial charge >= 0.3 is 0 Å². The first-order chi connectivity index (χ1) is 12.0. The molecule has 2 rings (SSSR count). The van der Waals surface area contributed by atoms with Gasteiger partial charge in [-0.05, 0) is 43.8 Å². The summed E-state index contributed by atoms with van der Waals surface area (Å²) in [4.78, 5) is 0. The van der Waals surface area contributed by atoms with Crippen molar-refractivity contribution in [3.8, 4) is 0 Å². The molecule has 0 aliphatic carbocycles. The highest BCUT2D eigenvalue weighted by atomic mass is 32.2. The maximum atomic E-state index is 10.8. The van der Waals surface area contributed by atoms with Crippen LogP contribution in [-0.2, 0) is 20.8 Å². The standard InChI is InChI=1S/C19H30O4S2/c1-15(21-3)23-18(14-22-13-16-8-5-4-6-9-16)17(20)12-19(2)24-10-7-11-25-19/h4-6,8-9,15,17-18,20H,7,10-14H2,1-3H3. The van der Waals surface area contributed by atoms with E-state index in [0.29, 0.717) is 19.6 Å². The van der Waals surface area contributed by atoms with E-state index in [9.17, 15) is 5.11 Å². The molecular weight excluding hydrogens is 356 g/mol. The molecule has 6 heteroatoms. The number of ether oxygens (including phenoxy) is 3. The predicted molar refractivity (Wildman–Crippen MR) is 106 cm³/mol. The molecule has 1 aliphatic rings. The van der Waals surface area contributed by atoms with Gasteiger partial charge in [0, 0.05) is 7.11 Å². The lowest BCUT2D eigenvalue weighted by atomic mass is 10.1. The van der Waals surface area contributed by atoms with Gasteiger partial charge in [0.1, 0.15) is 6.10 Å². The second-order valence-corrected chi connectivity index (χ2v) is 9.89. The highest BCUT2D eigenvalue weighted by Crippen LogP contribution is 2.45. The zero-order valence-electron chi connectivity index (χ0n) is 15.3. The van der Waals surface area contributed by atoms with Gasteiger partial charge in [-0.3, -0.25) is 0 Å². The Morgan fingerprint density at radius 2 is 1.88 bits per heavy atom. The third-order valence-corrected chi connectivity index (χ3v) is 7.45. The minimum atomic E-state index is -0.587. The quantitative estimate of drug-likeness (QED) is 0.615. The van der Waals surface area contributed by atoms with Crippen LogP contribution in [0.5, 0.6) is 0 Å². The van der Waals surface area contributed by atoms with Crippen LogP contribution < -0.4 is 0 Å². The Bertz CT molecular complexity index is 480. The number of aliphatic hydroxyl groups is 1. The van der Waals surface area contributed by atoms with Crippen molar-refractivity contribution in [1.29, 1.82) is 0 Å². The fourth-order valence-electron chi connectivity index (χ4n) is 2.72. The van der Waals surface area contributed by atoms with Crippen molar-refractivity contribution in [3.63, 3.8) is 0 Å². The first-order valence-corrected chi connectivity index (χ1v) is 10.8. The SMILES string of the molecule is COC(C)OC(COCc1ccccc1)C(O)CC1(C)SCCCS1. The third-order valence-electron chi connectivity index (χ3n) is 4.20. The summed E-state index contributed by atoms with van der Waals surface area (Å²) < 4.78 is 16.9. The second-order valence-electron chi connectivity index (χ2n) is 6.43. The molecule has 0 saturated carbocycles. The molecule has 1 saturated heterocycles. The Balaban J connectivity index is 1.89. The first-order valence-electron chi connectivity index (χ1n) is 8.78. The fourth-order valence-corrected chi connectivity index (χ4v) is 5.75. The van der Waals surface area contributed by atoms with E-state index in [1.807, 2.05) is 60.8 Å². The van der Waals surface area contributed by atoms with E-state index in [1.54, 1.807) is 7.11 Å². The van der Waals surface area contributed by atoms with Gasteiger partial charge in [-0.15, -0.1) is 23.5 Å². The van der Waals surface area contributed by atoms with Crippen LogP contribution in [-0.4, -0.2) is 52.9 Å². The van der Waals surface area contributed by atoms with Crippen LogP contribution in [0.2, 0.25) is 0 Å². The molecule has 1 fully saturated rings. The van der Waals surface area contributed by atoms with E-state index in [4.69, 9.17) is 14.2 Å². The van der Waals surface area contributed by atoms with Crippen molar-refractivity contribution in [3.05, 3.63) is 35.9 Å². The van der Waals surface area contributed by atoms with Gasteiger partial charge in [0.25, 0.3) is 0 Å². The molecule has 0 aromatic heterocycles. The summed E-state index contributed by atoms with van der Waals surface area (Å²) in [6, 6.07) is 10.0. The molecule has 142 valence electrons. The number of methoxy groups -OCH3 is 1. The van der Waals surface area contributed by atoms with Crippen LogP contribution in [0.15, 0.2) is 30.3 Å². The Kier molecular flexibility index (Phi) is 9.10. The summed E-state index contributed by atoms with van der Waals surface area (Å²) in [6.07, 6.45) is 0.550. The molecule has 3 atom stereocenters. The van der Waals surface area contributed by atoms with Crippen LogP contribution in [0.3, 0.4) is 0 Å². The summed E-state index contributed by atoms with van der Waals surface area (Å²) in [5.41, 5.74) is 1.11. The average Bonchev–Trinajstić information content (AvgIpc) is 2.61. The van der Waals surface area contributed by atoms with Gasteiger partial charge in [-0.25, -0.2) is 0 Å². The first kappa shape index (κ1) is 21.1. The van der Waals surface area contributed by atoms with Gasteiger partial charge in [-0.2, -0.15) is 0 Å². The van der Waals surface area contributed by atoms with Crippen molar-refractivity contribution >= 4 is 23.5 Å². The Morgan fingerprint density at radius 3 is 2.52 bits per heavy atom. The minimum Gasteiger partial charge on any atom is -0.390 e. The monoisotopic (exact) mass is 386 g/mol. The van der Waals surface area contributed by atoms with Crippen molar-refractivity contribution in [2.75, 3.05) is 25.2 Å². The van der Waals surface area contributed by atoms with Gasteiger partial charge in [-0.1, -0.05) is 30.3 Å². The molecule has 0 spiro atoms. The van der Waals surface area contributed by atoms with Crippen molar-refractivity contribution in [2.45, 2.75) is 55.9 Å². The molecule has 1 N–H and O–H groups in total. The topological polar surface area (TPSA) is 47.9 Å². The van der Waals surface area contributed by atoms with Gasteiger partial charge in [0.2, 0.25) is 0 Å². The van der Waals surface area contributed by atoms with Crippen LogP contribution in [0.25, 0.3) is 0 Å². The number of benzene rings is 1. The van der Waals surface area contributed by atoms with E-state index in [1.165, 1.54) is 6.42 Å². The van der Waals surface area contributed by atoms with E-state index in [0.717, 1.165) is 17.1 Å². The molecule has 25 heavy (non-hydrogen) atoms. The third kappa shape index (κ3) is 7.49. The van der Waals surface area contributed by atoms with E-state index in [2.05, 4.69) is 6.92 Å². The smallest absolute Gasteiger partial charge is 0.155 e. The lowest BCUT2D eigenvalue weighted by Crippen LogP contribution is -2.40. The molecule has 0 radical (unpaired) electrons. The number of hydrogen-bond acceptors (Lipinski definition) is 6. The zero-order valence-corrected chi connectivity index (χ0v) is 17.0. The molecule has 1 heterocycles. The fraction of sp³-hybridized carbons (Fsp3) is 0.684. The molecule has 3 unspecified atom stereocenters. The summed E-state index contributed by atoms with van der Waals surface area (Å²) >= 11 is 3.86. The molecule has 1 aromatic rings. The summed E-state index contributed by atoms with van der Waals surface area (Å²) in [6.45, 7) is 4.90. The Labute approximate surface area is 160 Å². The van der Waals surface area contributed by atoms with E-state index in [-0.39, 0.29) is 10.4 Å². The molecule has 4 nitrogen and oxygen atoms in total. The Hall–Kier alpha value is -0.240. The van der Waals surface area contributed by atoms with Crippen molar-refractivity contribution in [2.24, 2.45) is 0 Å². The maximum Gasteiger partial charge on any atom is 0.155 e. The van der Waals surface area contributed by atoms with Crippen LogP contribution in [0.1, 0.15) is 32.3 Å². The lowest BCUT2D eigenvalue weighted by Gasteiger charge is -2.36. The molecule has 1 aliphatic heterocycles. The maximum absolute atomic E-state index is 10.8. The van der Waals surface area contributed by atoms with Crippen LogP contribution in [0.4, 0.5) is 0 Å². The molecule has 1 aromatic carbocycles. The highest BCUT2D eigenvalue weighted by Gasteiger charge is 2.34. The normalized spacial score (nSPS) is 20.8. The predicted octanol–water partition coefficient (Wildman–Crippen LogP) is 3.92. The van der Waals surface area contributed by atoms with Gasteiger partial charge in [0.15, 0.2) is 6.29 Å². The molecular formula is C19H30O4S2. The summed E-state index contributed by atoms with van der Waals surface area (Å²) in [7, 11) is 1.60. The molecule has 0 bridgehead atoms. The largest absolute Gasteiger partial charge is 0.390 e. The summed E-state index contributed by atoms with van der Waals surface area (Å²) in [5.74, 6) is 2.31. The minimum absolute atomic E-state index is 0.0367. The molecule has 0 amide bonds. The van der Waals surface area contributed by atoms with E-state index >= 15 is 0 Å². The van der Waals surface area contributed by atoms with Crippen molar-refractivity contribution < 1.29 is 19.3 Å². The average molecular weight is 387 g/mol. The lowest BCUT2D eigenvalue weighted by molar-refractivity contribution is -0.187. The number of rotatable bonds is 10. The van der Waals surface area contributed by atoms with Gasteiger partial charge < -0.3 is 19.3 Å². The number of aliphatic hydroxyl groups excluding tert-OH is 1. The van der Waals surface area contributed by atoms with Gasteiger partial charge in [0.05, 0.1) is 23.4 Å². The van der Waals surface area contributed by atoms with Crippen LogP contribution in [0, 0.1) is 0 Å². The highest BCUT2D eigenvalue weighted by molar-refractivity contribution is 8.18. The van der Waals surface area contributed by atoms with Crippen LogP contribution >= 0.6 is 23.5 Å². The summed E-state index contributed by atoms with van der Waals surface area (Å²) in [5, 5.41) is 10.8. The van der Waals surface area contributed by atoms with Crippen molar-refractivity contribution in [1.82, 2.24) is 0 Å². The zero-order chi connectivity index (χ0) is 18.1. The number of thioether (sulfide) groups is 2. The number of hydrogen-bond donors (Lipinski definition) is 1.